The Morgan fingerprint density at radius 2 is 1.84 bits per heavy atom. The SMILES string of the molecule is COc1ccc2c(=O)c(C#CC(=O)N3CCN(c4ccc([N+](=O)[O-])cc4)CC3)coc2c1. The highest BCUT2D eigenvalue weighted by molar-refractivity contribution is 5.94. The molecule has 0 unspecified atom stereocenters. The first-order valence-electron chi connectivity index (χ1n) is 9.86. The Morgan fingerprint density at radius 3 is 2.50 bits per heavy atom. The van der Waals surface area contributed by atoms with E-state index in [0.29, 0.717) is 42.9 Å². The predicted molar refractivity (Wildman–Crippen MR) is 118 cm³/mol. The quantitative estimate of drug-likeness (QED) is 0.355. The fourth-order valence-corrected chi connectivity index (χ4v) is 3.47. The van der Waals surface area contributed by atoms with E-state index in [9.17, 15) is 19.7 Å². The molecule has 4 rings (SSSR count). The molecule has 1 aromatic heterocycles. The van der Waals surface area contributed by atoms with Crippen LogP contribution in [-0.2, 0) is 4.79 Å². The van der Waals surface area contributed by atoms with Crippen molar-refractivity contribution >= 4 is 28.3 Å². The topological polar surface area (TPSA) is 106 Å². The van der Waals surface area contributed by atoms with Crippen molar-refractivity contribution in [3.63, 3.8) is 0 Å². The van der Waals surface area contributed by atoms with Gasteiger partial charge in [-0.15, -0.1) is 0 Å². The molecule has 0 N–H and O–H groups in total. The van der Waals surface area contributed by atoms with E-state index in [1.54, 1.807) is 35.2 Å². The number of carbonyl (C=O) groups is 1. The Hall–Kier alpha value is -4.32. The molecule has 0 saturated carbocycles. The zero-order valence-corrected chi connectivity index (χ0v) is 17.2. The van der Waals surface area contributed by atoms with Gasteiger partial charge in [-0.25, -0.2) is 0 Å². The van der Waals surface area contributed by atoms with E-state index in [0.717, 1.165) is 5.69 Å². The summed E-state index contributed by atoms with van der Waals surface area (Å²) in [7, 11) is 1.52. The second-order valence-electron chi connectivity index (χ2n) is 7.14. The van der Waals surface area contributed by atoms with Crippen LogP contribution in [0.3, 0.4) is 0 Å². The first-order valence-corrected chi connectivity index (χ1v) is 9.86. The van der Waals surface area contributed by atoms with Crippen LogP contribution in [0.1, 0.15) is 5.56 Å². The van der Waals surface area contributed by atoms with Crippen molar-refractivity contribution in [1.82, 2.24) is 4.90 Å². The normalized spacial score (nSPS) is 13.4. The summed E-state index contributed by atoms with van der Waals surface area (Å²) in [4.78, 5) is 39.1. The number of nitrogens with zero attached hydrogens (tertiary/aromatic N) is 3. The molecule has 1 aliphatic rings. The van der Waals surface area contributed by atoms with Gasteiger partial charge in [-0.1, -0.05) is 0 Å². The van der Waals surface area contributed by atoms with Crippen molar-refractivity contribution in [3.05, 3.63) is 74.6 Å². The van der Waals surface area contributed by atoms with Crippen LogP contribution in [0.5, 0.6) is 5.75 Å². The van der Waals surface area contributed by atoms with Gasteiger partial charge in [0.1, 0.15) is 23.2 Å². The summed E-state index contributed by atoms with van der Waals surface area (Å²) in [6.45, 7) is 2.06. The zero-order valence-electron chi connectivity index (χ0n) is 17.2. The van der Waals surface area contributed by atoms with Crippen molar-refractivity contribution in [2.24, 2.45) is 0 Å². The number of nitro groups is 1. The summed E-state index contributed by atoms with van der Waals surface area (Å²) in [5, 5.41) is 11.1. The van der Waals surface area contributed by atoms with E-state index in [2.05, 4.69) is 11.8 Å². The van der Waals surface area contributed by atoms with Crippen LogP contribution in [0.4, 0.5) is 11.4 Å². The molecule has 0 aliphatic carbocycles. The van der Waals surface area contributed by atoms with Gasteiger partial charge in [0.05, 0.1) is 17.4 Å². The number of amides is 1. The summed E-state index contributed by atoms with van der Waals surface area (Å²) < 4.78 is 10.6. The van der Waals surface area contributed by atoms with Gasteiger partial charge in [-0.05, 0) is 30.2 Å². The highest BCUT2D eigenvalue weighted by atomic mass is 16.6. The fourth-order valence-electron chi connectivity index (χ4n) is 3.47. The largest absolute Gasteiger partial charge is 0.497 e. The van der Waals surface area contributed by atoms with E-state index in [1.807, 2.05) is 4.90 Å². The number of fused-ring (bicyclic) bond motifs is 1. The number of methoxy groups -OCH3 is 1. The maximum atomic E-state index is 12.6. The Balaban J connectivity index is 1.42. The van der Waals surface area contributed by atoms with Crippen molar-refractivity contribution in [1.29, 1.82) is 0 Å². The van der Waals surface area contributed by atoms with E-state index < -0.39 is 4.92 Å². The second-order valence-corrected chi connectivity index (χ2v) is 7.14. The molecule has 3 aromatic rings. The molecule has 162 valence electrons. The highest BCUT2D eigenvalue weighted by Crippen LogP contribution is 2.21. The molecule has 0 atom stereocenters. The van der Waals surface area contributed by atoms with Crippen molar-refractivity contribution in [3.8, 4) is 17.6 Å². The minimum atomic E-state index is -0.438. The van der Waals surface area contributed by atoms with Crippen LogP contribution in [0.2, 0.25) is 0 Å². The smallest absolute Gasteiger partial charge is 0.298 e. The number of hydrogen-bond donors (Lipinski definition) is 0. The van der Waals surface area contributed by atoms with Crippen LogP contribution in [0, 0.1) is 22.0 Å². The third-order valence-corrected chi connectivity index (χ3v) is 5.28. The number of carbonyl (C=O) groups excluding carboxylic acids is 1. The lowest BCUT2D eigenvalue weighted by Gasteiger charge is -2.35. The number of rotatable bonds is 3. The van der Waals surface area contributed by atoms with Crippen LogP contribution in [0.15, 0.2) is 57.9 Å². The van der Waals surface area contributed by atoms with Crippen LogP contribution >= 0.6 is 0 Å². The first-order chi connectivity index (χ1) is 15.5. The summed E-state index contributed by atoms with van der Waals surface area (Å²) in [6.07, 6.45) is 1.25. The van der Waals surface area contributed by atoms with Gasteiger partial charge >= 0.3 is 0 Å². The average Bonchev–Trinajstić information content (AvgIpc) is 2.83. The fraction of sp³-hybridized carbons (Fsp3) is 0.217. The molecular formula is C23H19N3O6. The molecule has 2 heterocycles. The van der Waals surface area contributed by atoms with Gasteiger partial charge < -0.3 is 19.0 Å². The lowest BCUT2D eigenvalue weighted by Crippen LogP contribution is -2.48. The maximum absolute atomic E-state index is 12.6. The van der Waals surface area contributed by atoms with Crippen molar-refractivity contribution in [2.75, 3.05) is 38.2 Å². The Kier molecular flexibility index (Phi) is 5.77. The van der Waals surface area contributed by atoms with Crippen molar-refractivity contribution in [2.45, 2.75) is 0 Å². The van der Waals surface area contributed by atoms with Crippen molar-refractivity contribution < 1.29 is 18.9 Å². The molecule has 0 bridgehead atoms. The number of benzene rings is 2. The number of anilines is 1. The van der Waals surface area contributed by atoms with Gasteiger partial charge in [0, 0.05) is 56.0 Å². The number of ether oxygens (including phenoxy) is 1. The first kappa shape index (κ1) is 20.9. The third-order valence-electron chi connectivity index (χ3n) is 5.28. The molecule has 0 radical (unpaired) electrons. The number of hydrogen-bond acceptors (Lipinski definition) is 7. The van der Waals surface area contributed by atoms with Gasteiger partial charge in [0.2, 0.25) is 5.43 Å². The molecule has 2 aromatic carbocycles. The predicted octanol–water partition coefficient (Wildman–Crippen LogP) is 2.41. The lowest BCUT2D eigenvalue weighted by atomic mass is 10.1. The highest BCUT2D eigenvalue weighted by Gasteiger charge is 2.20. The van der Waals surface area contributed by atoms with Crippen LogP contribution in [0.25, 0.3) is 11.0 Å². The van der Waals surface area contributed by atoms with E-state index in [1.165, 1.54) is 25.5 Å². The molecule has 1 saturated heterocycles. The van der Waals surface area contributed by atoms with E-state index in [-0.39, 0.29) is 22.6 Å². The van der Waals surface area contributed by atoms with Gasteiger partial charge in [-0.2, -0.15) is 0 Å². The molecule has 32 heavy (non-hydrogen) atoms. The van der Waals surface area contributed by atoms with E-state index >= 15 is 0 Å². The van der Waals surface area contributed by atoms with Crippen LogP contribution in [-0.4, -0.2) is 49.0 Å². The minimum absolute atomic E-state index is 0.0372. The molecule has 1 aliphatic heterocycles. The zero-order chi connectivity index (χ0) is 22.7. The monoisotopic (exact) mass is 433 g/mol. The Morgan fingerprint density at radius 1 is 1.12 bits per heavy atom. The summed E-state index contributed by atoms with van der Waals surface area (Å²) >= 11 is 0. The maximum Gasteiger partial charge on any atom is 0.298 e. The average molecular weight is 433 g/mol. The Bertz CT molecular complexity index is 1300. The number of piperazine rings is 1. The standard InChI is InChI=1S/C23H19N3O6/c1-31-19-7-8-20-21(14-19)32-15-16(23(20)28)2-9-22(27)25-12-10-24(11-13-25)17-3-5-18(6-4-17)26(29)30/h3-8,14-15H,10-13H2,1H3. The van der Waals surface area contributed by atoms with Gasteiger partial charge in [-0.3, -0.25) is 19.7 Å². The second kappa shape index (κ2) is 8.81. The number of nitro benzene ring substituents is 1. The van der Waals surface area contributed by atoms with E-state index in [4.69, 9.17) is 9.15 Å². The molecule has 9 nitrogen and oxygen atoms in total. The van der Waals surface area contributed by atoms with Gasteiger partial charge in [0.15, 0.2) is 0 Å². The number of non-ortho nitro benzene ring substituents is 1. The van der Waals surface area contributed by atoms with Gasteiger partial charge in [0.25, 0.3) is 11.6 Å². The summed E-state index contributed by atoms with van der Waals surface area (Å²) in [5.74, 6) is 5.36. The molecule has 0 spiro atoms. The van der Waals surface area contributed by atoms with Crippen LogP contribution < -0.4 is 15.1 Å². The Labute approximate surface area is 182 Å². The molecule has 9 heteroatoms. The third kappa shape index (κ3) is 4.25. The molecule has 1 fully saturated rings. The summed E-state index contributed by atoms with van der Waals surface area (Å²) in [6, 6.07) is 11.2. The minimum Gasteiger partial charge on any atom is -0.497 e. The lowest BCUT2D eigenvalue weighted by molar-refractivity contribution is -0.384. The summed E-state index contributed by atoms with van der Waals surface area (Å²) in [5.41, 5.74) is 1.08. The molecular weight excluding hydrogens is 414 g/mol. The molecule has 1 amide bonds.